The number of anilines is 1. The molecule has 1 aromatic rings. The molecule has 1 saturated heterocycles. The van der Waals surface area contributed by atoms with Crippen LogP contribution in [-0.4, -0.2) is 43.9 Å². The highest BCUT2D eigenvalue weighted by atomic mass is 32.2. The van der Waals surface area contributed by atoms with Crippen LogP contribution in [0.3, 0.4) is 0 Å². The number of carbonyl (C=O) groups excluding carboxylic acids is 1. The van der Waals surface area contributed by atoms with Crippen LogP contribution in [0.15, 0.2) is 41.3 Å². The summed E-state index contributed by atoms with van der Waals surface area (Å²) in [6, 6.07) is 6.38. The first kappa shape index (κ1) is 19.1. The molecule has 142 valence electrons. The van der Waals surface area contributed by atoms with Crippen molar-refractivity contribution in [3.05, 3.63) is 36.4 Å². The van der Waals surface area contributed by atoms with Gasteiger partial charge in [-0.15, -0.1) is 0 Å². The predicted octanol–water partition coefficient (Wildman–Crippen LogP) is 2.78. The van der Waals surface area contributed by atoms with Gasteiger partial charge in [0.1, 0.15) is 0 Å². The van der Waals surface area contributed by atoms with Gasteiger partial charge < -0.3 is 10.1 Å². The van der Waals surface area contributed by atoms with Gasteiger partial charge in [-0.3, -0.25) is 4.79 Å². The van der Waals surface area contributed by atoms with Crippen LogP contribution in [0.2, 0.25) is 0 Å². The van der Waals surface area contributed by atoms with E-state index in [0.29, 0.717) is 31.1 Å². The van der Waals surface area contributed by atoms with E-state index in [1.807, 2.05) is 13.8 Å². The van der Waals surface area contributed by atoms with Crippen molar-refractivity contribution < 1.29 is 17.9 Å². The summed E-state index contributed by atoms with van der Waals surface area (Å²) in [6.07, 6.45) is 6.43. The van der Waals surface area contributed by atoms with Gasteiger partial charge in [0.25, 0.3) is 0 Å². The Labute approximate surface area is 155 Å². The van der Waals surface area contributed by atoms with E-state index in [4.69, 9.17) is 4.74 Å². The second kappa shape index (κ2) is 7.90. The minimum atomic E-state index is -3.56. The van der Waals surface area contributed by atoms with Crippen molar-refractivity contribution in [2.24, 2.45) is 5.92 Å². The molecule has 1 fully saturated rings. The second-order valence-corrected chi connectivity index (χ2v) is 9.06. The minimum Gasteiger partial charge on any atom is -0.373 e. The first-order valence-corrected chi connectivity index (χ1v) is 10.5. The number of nitrogens with one attached hydrogen (secondary N) is 1. The quantitative estimate of drug-likeness (QED) is 0.800. The SMILES string of the molecule is CC1CN(S(=O)(=O)c2ccc(NC(=O)CC3C=CCC3)cc2)CC(C)O1. The molecule has 1 heterocycles. The molecule has 1 aliphatic heterocycles. The molecule has 1 aliphatic carbocycles. The van der Waals surface area contributed by atoms with E-state index >= 15 is 0 Å². The predicted molar refractivity (Wildman–Crippen MR) is 100 cm³/mol. The van der Waals surface area contributed by atoms with Gasteiger partial charge in [0.15, 0.2) is 0 Å². The lowest BCUT2D eigenvalue weighted by molar-refractivity contribution is -0.116. The number of amides is 1. The number of morpholine rings is 1. The Morgan fingerprint density at radius 2 is 1.85 bits per heavy atom. The molecule has 7 heteroatoms. The van der Waals surface area contributed by atoms with E-state index in [2.05, 4.69) is 17.5 Å². The van der Waals surface area contributed by atoms with Gasteiger partial charge >= 0.3 is 0 Å². The van der Waals surface area contributed by atoms with E-state index in [1.165, 1.54) is 4.31 Å². The van der Waals surface area contributed by atoms with E-state index in [9.17, 15) is 13.2 Å². The van der Waals surface area contributed by atoms with Gasteiger partial charge in [-0.2, -0.15) is 4.31 Å². The molecule has 0 aromatic heterocycles. The number of nitrogens with zero attached hydrogens (tertiary/aromatic N) is 1. The zero-order valence-electron chi connectivity index (χ0n) is 15.2. The summed E-state index contributed by atoms with van der Waals surface area (Å²) in [7, 11) is -3.56. The average molecular weight is 378 g/mol. The van der Waals surface area contributed by atoms with Crippen molar-refractivity contribution in [2.45, 2.75) is 50.2 Å². The lowest BCUT2D eigenvalue weighted by Gasteiger charge is -2.34. The van der Waals surface area contributed by atoms with Crippen molar-refractivity contribution in [3.8, 4) is 0 Å². The number of hydrogen-bond acceptors (Lipinski definition) is 4. The molecule has 3 rings (SSSR count). The van der Waals surface area contributed by atoms with Crippen LogP contribution in [0.5, 0.6) is 0 Å². The standard InChI is InChI=1S/C19H26N2O4S/c1-14-12-21(13-15(2)25-14)26(23,24)18-9-7-17(8-10-18)20-19(22)11-16-5-3-4-6-16/h3,5,7-10,14-16H,4,6,11-13H2,1-2H3,(H,20,22). The van der Waals surface area contributed by atoms with Crippen LogP contribution < -0.4 is 5.32 Å². The summed E-state index contributed by atoms with van der Waals surface area (Å²) in [4.78, 5) is 12.3. The molecule has 1 N–H and O–H groups in total. The van der Waals surface area contributed by atoms with Crippen LogP contribution >= 0.6 is 0 Å². The van der Waals surface area contributed by atoms with Crippen LogP contribution in [0.25, 0.3) is 0 Å². The third-order valence-electron chi connectivity index (χ3n) is 4.72. The third kappa shape index (κ3) is 4.52. The molecule has 3 atom stereocenters. The summed E-state index contributed by atoms with van der Waals surface area (Å²) in [6.45, 7) is 4.44. The first-order chi connectivity index (χ1) is 12.3. The van der Waals surface area contributed by atoms with Gasteiger partial charge in [0.2, 0.25) is 15.9 Å². The fourth-order valence-corrected chi connectivity index (χ4v) is 5.09. The van der Waals surface area contributed by atoms with Crippen molar-refractivity contribution in [1.82, 2.24) is 4.31 Å². The van der Waals surface area contributed by atoms with Crippen molar-refractivity contribution in [3.63, 3.8) is 0 Å². The Morgan fingerprint density at radius 3 is 2.42 bits per heavy atom. The maximum absolute atomic E-state index is 12.8. The fourth-order valence-electron chi connectivity index (χ4n) is 3.50. The normalized spacial score (nSPS) is 26.8. The van der Waals surface area contributed by atoms with Gasteiger partial charge in [-0.05, 0) is 56.9 Å². The molecule has 1 aromatic carbocycles. The molecule has 0 bridgehead atoms. The lowest BCUT2D eigenvalue weighted by atomic mass is 10.1. The molecular weight excluding hydrogens is 352 g/mol. The summed E-state index contributed by atoms with van der Waals surface area (Å²) in [5, 5.41) is 2.84. The van der Waals surface area contributed by atoms with E-state index in [-0.39, 0.29) is 23.0 Å². The zero-order chi connectivity index (χ0) is 18.7. The number of hydrogen-bond donors (Lipinski definition) is 1. The van der Waals surface area contributed by atoms with Gasteiger partial charge in [-0.25, -0.2) is 8.42 Å². The Bertz CT molecular complexity index is 763. The molecule has 1 amide bonds. The Hall–Kier alpha value is -1.70. The molecule has 0 saturated carbocycles. The smallest absolute Gasteiger partial charge is 0.243 e. The second-order valence-electron chi connectivity index (χ2n) is 7.12. The lowest BCUT2D eigenvalue weighted by Crippen LogP contribution is -2.48. The Balaban J connectivity index is 1.64. The Morgan fingerprint density at radius 1 is 1.19 bits per heavy atom. The molecule has 0 spiro atoms. The monoisotopic (exact) mass is 378 g/mol. The van der Waals surface area contributed by atoms with Crippen molar-refractivity contribution >= 4 is 21.6 Å². The maximum Gasteiger partial charge on any atom is 0.243 e. The van der Waals surface area contributed by atoms with Crippen LogP contribution in [0.1, 0.15) is 33.1 Å². The number of allylic oxidation sites excluding steroid dienone is 2. The third-order valence-corrected chi connectivity index (χ3v) is 6.57. The number of carbonyl (C=O) groups is 1. The number of sulfonamides is 1. The fraction of sp³-hybridized carbons (Fsp3) is 0.526. The van der Waals surface area contributed by atoms with Crippen LogP contribution in [-0.2, 0) is 19.6 Å². The maximum atomic E-state index is 12.8. The summed E-state index contributed by atoms with van der Waals surface area (Å²) in [5.74, 6) is 0.257. The molecule has 2 aliphatic rings. The van der Waals surface area contributed by atoms with E-state index in [0.717, 1.165) is 12.8 Å². The molecule has 0 radical (unpaired) electrons. The summed E-state index contributed by atoms with van der Waals surface area (Å²) >= 11 is 0. The van der Waals surface area contributed by atoms with Crippen molar-refractivity contribution in [2.75, 3.05) is 18.4 Å². The highest BCUT2D eigenvalue weighted by molar-refractivity contribution is 7.89. The molecule has 26 heavy (non-hydrogen) atoms. The number of ether oxygens (including phenoxy) is 1. The van der Waals surface area contributed by atoms with E-state index in [1.54, 1.807) is 24.3 Å². The van der Waals surface area contributed by atoms with Gasteiger partial charge in [0, 0.05) is 25.2 Å². The average Bonchev–Trinajstić information content (AvgIpc) is 3.07. The first-order valence-electron chi connectivity index (χ1n) is 9.07. The van der Waals surface area contributed by atoms with Gasteiger partial charge in [0.05, 0.1) is 17.1 Å². The molecule has 3 unspecified atom stereocenters. The highest BCUT2D eigenvalue weighted by Crippen LogP contribution is 2.24. The largest absolute Gasteiger partial charge is 0.373 e. The summed E-state index contributed by atoms with van der Waals surface area (Å²) in [5.41, 5.74) is 0.611. The van der Waals surface area contributed by atoms with Crippen LogP contribution in [0, 0.1) is 5.92 Å². The Kier molecular flexibility index (Phi) is 5.79. The number of benzene rings is 1. The summed E-state index contributed by atoms with van der Waals surface area (Å²) < 4.78 is 32.7. The van der Waals surface area contributed by atoms with Crippen LogP contribution in [0.4, 0.5) is 5.69 Å². The van der Waals surface area contributed by atoms with Gasteiger partial charge in [-0.1, -0.05) is 12.2 Å². The zero-order valence-corrected chi connectivity index (χ0v) is 16.0. The molecular formula is C19H26N2O4S. The van der Waals surface area contributed by atoms with E-state index < -0.39 is 10.0 Å². The highest BCUT2D eigenvalue weighted by Gasteiger charge is 2.32. The topological polar surface area (TPSA) is 75.7 Å². The minimum absolute atomic E-state index is 0.0482. The molecule has 6 nitrogen and oxygen atoms in total. The van der Waals surface area contributed by atoms with Crippen molar-refractivity contribution in [1.29, 1.82) is 0 Å². The number of rotatable bonds is 5.